The van der Waals surface area contributed by atoms with Crippen LogP contribution in [0.4, 0.5) is 0 Å². The molecule has 4 nitrogen and oxygen atoms in total. The summed E-state index contributed by atoms with van der Waals surface area (Å²) < 4.78 is 5.16. The summed E-state index contributed by atoms with van der Waals surface area (Å²) >= 11 is 0. The Kier molecular flexibility index (Phi) is 4.54. The highest BCUT2D eigenvalue weighted by molar-refractivity contribution is 5.76. The lowest BCUT2D eigenvalue weighted by atomic mass is 9.94. The van der Waals surface area contributed by atoms with Crippen LogP contribution in [0, 0.1) is 5.41 Å². The molecule has 1 saturated heterocycles. The number of carbonyl (C=O) groups excluding carboxylic acids is 1. The number of hydrogen-bond acceptors (Lipinski definition) is 4. The molecule has 1 aliphatic heterocycles. The summed E-state index contributed by atoms with van der Waals surface area (Å²) in [6.07, 6.45) is 3.99. The lowest BCUT2D eigenvalue weighted by Gasteiger charge is -2.17. The molecule has 0 unspecified atom stereocenters. The lowest BCUT2D eigenvalue weighted by molar-refractivity contribution is -0.155. The molecule has 0 amide bonds. The molecule has 0 aromatic heterocycles. The van der Waals surface area contributed by atoms with Crippen LogP contribution in [0.1, 0.15) is 46.5 Å². The van der Waals surface area contributed by atoms with Gasteiger partial charge in [-0.05, 0) is 20.3 Å². The number of unbranched alkanes of at least 4 members (excludes halogenated alkanes) is 3. The third-order valence-electron chi connectivity index (χ3n) is 2.54. The van der Waals surface area contributed by atoms with Crippen molar-refractivity contribution in [3.8, 4) is 0 Å². The van der Waals surface area contributed by atoms with Crippen molar-refractivity contribution in [3.63, 3.8) is 0 Å². The summed E-state index contributed by atoms with van der Waals surface area (Å²) in [4.78, 5) is 20.9. The van der Waals surface area contributed by atoms with Crippen LogP contribution in [-0.2, 0) is 19.3 Å². The third kappa shape index (κ3) is 3.80. The molecule has 4 heteroatoms. The largest absolute Gasteiger partial charge is 0.465 e. The van der Waals surface area contributed by atoms with E-state index in [1.807, 2.05) is 0 Å². The van der Waals surface area contributed by atoms with Crippen molar-refractivity contribution in [2.24, 2.45) is 5.41 Å². The van der Waals surface area contributed by atoms with E-state index in [1.54, 1.807) is 13.8 Å². The second-order valence-electron chi connectivity index (χ2n) is 4.44. The van der Waals surface area contributed by atoms with Crippen molar-refractivity contribution in [2.45, 2.75) is 52.7 Å². The van der Waals surface area contributed by atoms with Gasteiger partial charge in [-0.2, -0.15) is 9.78 Å². The summed E-state index contributed by atoms with van der Waals surface area (Å²) in [5.74, 6) is -0.249. The molecule has 0 radical (unpaired) electrons. The predicted octanol–water partition coefficient (Wildman–Crippen LogP) is 2.42. The minimum Gasteiger partial charge on any atom is -0.465 e. The smallest absolute Gasteiger partial charge is 0.316 e. The molecule has 1 rings (SSSR count). The van der Waals surface area contributed by atoms with Gasteiger partial charge in [0.15, 0.2) is 0 Å². The van der Waals surface area contributed by atoms with Crippen LogP contribution >= 0.6 is 0 Å². The second kappa shape index (κ2) is 5.47. The van der Waals surface area contributed by atoms with Gasteiger partial charge in [0.1, 0.15) is 5.41 Å². The fraction of sp³-hybridized carbons (Fsp3) is 0.909. The van der Waals surface area contributed by atoms with Crippen molar-refractivity contribution in [1.82, 2.24) is 0 Å². The minimum atomic E-state index is -0.690. The zero-order valence-electron chi connectivity index (χ0n) is 9.75. The van der Waals surface area contributed by atoms with Gasteiger partial charge < -0.3 is 4.74 Å². The summed E-state index contributed by atoms with van der Waals surface area (Å²) in [6, 6.07) is 0. The Balaban J connectivity index is 2.12. The van der Waals surface area contributed by atoms with Crippen LogP contribution in [0.2, 0.25) is 0 Å². The number of ether oxygens (including phenoxy) is 1. The Labute approximate surface area is 90.8 Å². The van der Waals surface area contributed by atoms with Gasteiger partial charge in [-0.1, -0.05) is 26.2 Å². The summed E-state index contributed by atoms with van der Waals surface area (Å²) in [7, 11) is 0. The van der Waals surface area contributed by atoms with E-state index in [4.69, 9.17) is 4.74 Å². The molecule has 0 aromatic carbocycles. The standard InChI is InChI=1S/C11H20O4/c1-4-5-6-7-8-13-9(12)11(2,3)10-14-15-10/h10H,4-8H2,1-3H3. The van der Waals surface area contributed by atoms with Crippen LogP contribution in [0.25, 0.3) is 0 Å². The molecule has 1 aliphatic rings. The second-order valence-corrected chi connectivity index (χ2v) is 4.44. The van der Waals surface area contributed by atoms with Crippen LogP contribution in [-0.4, -0.2) is 18.9 Å². The molecular formula is C11H20O4. The van der Waals surface area contributed by atoms with E-state index in [0.29, 0.717) is 6.61 Å². The average Bonchev–Trinajstić information content (AvgIpc) is 3.00. The Morgan fingerprint density at radius 1 is 1.27 bits per heavy atom. The van der Waals surface area contributed by atoms with Gasteiger partial charge in [0.05, 0.1) is 6.61 Å². The van der Waals surface area contributed by atoms with Gasteiger partial charge in [0.2, 0.25) is 6.29 Å². The van der Waals surface area contributed by atoms with Crippen LogP contribution in [0.15, 0.2) is 0 Å². The van der Waals surface area contributed by atoms with E-state index < -0.39 is 11.7 Å². The van der Waals surface area contributed by atoms with Gasteiger partial charge >= 0.3 is 5.97 Å². The first-order valence-corrected chi connectivity index (χ1v) is 5.58. The molecule has 88 valence electrons. The SMILES string of the molecule is CCCCCCOC(=O)C(C)(C)C1OO1. The fourth-order valence-corrected chi connectivity index (χ4v) is 1.24. The first kappa shape index (κ1) is 12.5. The molecule has 0 atom stereocenters. The van der Waals surface area contributed by atoms with Gasteiger partial charge in [-0.3, -0.25) is 4.79 Å². The van der Waals surface area contributed by atoms with Crippen LogP contribution < -0.4 is 0 Å². The van der Waals surface area contributed by atoms with E-state index in [9.17, 15) is 4.79 Å². The van der Waals surface area contributed by atoms with E-state index in [0.717, 1.165) is 12.8 Å². The zero-order chi connectivity index (χ0) is 11.3. The number of esters is 1. The van der Waals surface area contributed by atoms with E-state index >= 15 is 0 Å². The van der Waals surface area contributed by atoms with E-state index in [-0.39, 0.29) is 5.97 Å². The number of carbonyl (C=O) groups is 1. The lowest BCUT2D eigenvalue weighted by Crippen LogP contribution is -2.32. The summed E-state index contributed by atoms with van der Waals surface area (Å²) in [6.45, 7) is 6.17. The van der Waals surface area contributed by atoms with Gasteiger partial charge in [-0.25, -0.2) is 0 Å². The van der Waals surface area contributed by atoms with Crippen LogP contribution in [0.3, 0.4) is 0 Å². The molecule has 15 heavy (non-hydrogen) atoms. The highest BCUT2D eigenvalue weighted by atomic mass is 17.4. The number of rotatable bonds is 7. The molecule has 1 fully saturated rings. The molecule has 1 heterocycles. The minimum absolute atomic E-state index is 0.249. The maximum atomic E-state index is 11.6. The van der Waals surface area contributed by atoms with Crippen molar-refractivity contribution in [3.05, 3.63) is 0 Å². The van der Waals surface area contributed by atoms with Gasteiger partial charge in [0.25, 0.3) is 0 Å². The molecular weight excluding hydrogens is 196 g/mol. The monoisotopic (exact) mass is 216 g/mol. The van der Waals surface area contributed by atoms with Crippen molar-refractivity contribution in [1.29, 1.82) is 0 Å². The molecule has 0 aromatic rings. The van der Waals surface area contributed by atoms with Crippen molar-refractivity contribution in [2.75, 3.05) is 6.61 Å². The Hall–Kier alpha value is -0.610. The average molecular weight is 216 g/mol. The maximum Gasteiger partial charge on any atom is 0.316 e. The molecule has 0 spiro atoms. The highest BCUT2D eigenvalue weighted by Crippen LogP contribution is 2.34. The van der Waals surface area contributed by atoms with Crippen molar-refractivity contribution >= 4 is 5.97 Å². The normalized spacial score (nSPS) is 16.5. The maximum absolute atomic E-state index is 11.6. The van der Waals surface area contributed by atoms with Gasteiger partial charge in [0, 0.05) is 0 Å². The molecule has 0 aliphatic carbocycles. The highest BCUT2D eigenvalue weighted by Gasteiger charge is 2.49. The topological polar surface area (TPSA) is 51.4 Å². The quantitative estimate of drug-likeness (QED) is 0.284. The third-order valence-corrected chi connectivity index (χ3v) is 2.54. The van der Waals surface area contributed by atoms with Crippen LogP contribution in [0.5, 0.6) is 0 Å². The van der Waals surface area contributed by atoms with E-state index in [2.05, 4.69) is 16.7 Å². The van der Waals surface area contributed by atoms with Crippen molar-refractivity contribution < 1.29 is 19.3 Å². The Bertz CT molecular complexity index is 209. The molecule has 0 saturated carbocycles. The number of hydrogen-bond donors (Lipinski definition) is 0. The fourth-order valence-electron chi connectivity index (χ4n) is 1.24. The Morgan fingerprint density at radius 3 is 2.47 bits per heavy atom. The Morgan fingerprint density at radius 2 is 1.93 bits per heavy atom. The van der Waals surface area contributed by atoms with E-state index in [1.165, 1.54) is 12.8 Å². The van der Waals surface area contributed by atoms with Gasteiger partial charge in [-0.15, -0.1) is 0 Å². The first-order valence-electron chi connectivity index (χ1n) is 5.58. The summed E-state index contributed by atoms with van der Waals surface area (Å²) in [5, 5.41) is 0. The first-order chi connectivity index (χ1) is 7.09. The summed E-state index contributed by atoms with van der Waals surface area (Å²) in [5.41, 5.74) is -0.690. The molecule has 0 N–H and O–H groups in total. The molecule has 0 bridgehead atoms. The zero-order valence-corrected chi connectivity index (χ0v) is 9.75. The predicted molar refractivity (Wildman–Crippen MR) is 54.8 cm³/mol.